The van der Waals surface area contributed by atoms with Gasteiger partial charge in [-0.1, -0.05) is 0 Å². The number of aliphatic hydroxyl groups is 1. The number of aryl methyl sites for hydroxylation is 1. The molecule has 0 aliphatic carbocycles. The minimum absolute atomic E-state index is 0.223. The lowest BCUT2D eigenvalue weighted by Gasteiger charge is -2.13. The van der Waals surface area contributed by atoms with Crippen LogP contribution in [0.1, 0.15) is 53.0 Å². The fourth-order valence-corrected chi connectivity index (χ4v) is 2.60. The van der Waals surface area contributed by atoms with Crippen molar-refractivity contribution in [3.05, 3.63) is 46.7 Å². The van der Waals surface area contributed by atoms with Crippen molar-refractivity contribution >= 4 is 11.9 Å². The molecule has 2 atom stereocenters. The van der Waals surface area contributed by atoms with E-state index in [2.05, 4.69) is 10.3 Å². The second-order valence-electron chi connectivity index (χ2n) is 5.68. The Morgan fingerprint density at radius 1 is 1.38 bits per heavy atom. The summed E-state index contributed by atoms with van der Waals surface area (Å²) in [4.78, 5) is 27.2. The normalized spacial score (nSPS) is 13.4. The maximum absolute atomic E-state index is 12.3. The summed E-state index contributed by atoms with van der Waals surface area (Å²) in [6.45, 7) is 6.84. The molecular weight excluding hydrogens is 312 g/mol. The minimum Gasteiger partial charge on any atom is -0.467 e. The molecule has 0 unspecified atom stereocenters. The molecule has 0 aliphatic rings. The number of carbonyl (C=O) groups is 2. The van der Waals surface area contributed by atoms with Crippen LogP contribution in [0.25, 0.3) is 0 Å². The lowest BCUT2D eigenvalue weighted by atomic mass is 10.1. The van der Waals surface area contributed by atoms with Crippen molar-refractivity contribution in [2.75, 3.05) is 0 Å². The third-order valence-corrected chi connectivity index (χ3v) is 3.79. The fourth-order valence-electron chi connectivity index (χ4n) is 2.60. The smallest absolute Gasteiger partial charge is 0.355 e. The van der Waals surface area contributed by atoms with Gasteiger partial charge in [0.15, 0.2) is 6.10 Å². The molecule has 2 aromatic rings. The lowest BCUT2D eigenvalue weighted by molar-refractivity contribution is -0.129. The Labute approximate surface area is 140 Å². The third kappa shape index (κ3) is 3.86. The standard InChI is InChI=1S/C17H22N2O5/c1-9-14(11(3)20)10(2)19-15(9)17(22)24-12(4)16(21)18-8-13-6-5-7-23-13/h5-7,11-12,19-20H,8H2,1-4H3,(H,18,21)/t11-,12-/m0/s1. The van der Waals surface area contributed by atoms with E-state index in [1.807, 2.05) is 0 Å². The van der Waals surface area contributed by atoms with E-state index in [0.717, 1.165) is 0 Å². The molecule has 130 valence electrons. The van der Waals surface area contributed by atoms with Crippen LogP contribution in [-0.2, 0) is 16.1 Å². The molecule has 0 spiro atoms. The van der Waals surface area contributed by atoms with E-state index in [-0.39, 0.29) is 12.2 Å². The molecule has 24 heavy (non-hydrogen) atoms. The SMILES string of the molecule is Cc1[nH]c(C(=O)O[C@@H](C)C(=O)NCc2ccco2)c(C)c1[C@H](C)O. The number of aromatic amines is 1. The predicted molar refractivity (Wildman–Crippen MR) is 86.3 cm³/mol. The number of rotatable bonds is 6. The topological polar surface area (TPSA) is 105 Å². The fraction of sp³-hybridized carbons (Fsp3) is 0.412. The number of esters is 1. The summed E-state index contributed by atoms with van der Waals surface area (Å²) in [5.74, 6) is -0.445. The van der Waals surface area contributed by atoms with Gasteiger partial charge in [-0.3, -0.25) is 4.79 Å². The lowest BCUT2D eigenvalue weighted by Crippen LogP contribution is -2.35. The van der Waals surface area contributed by atoms with Crippen molar-refractivity contribution in [2.45, 2.75) is 46.4 Å². The molecular formula is C17H22N2O5. The molecule has 7 nitrogen and oxygen atoms in total. The number of nitrogens with one attached hydrogen (secondary N) is 2. The summed E-state index contributed by atoms with van der Waals surface area (Å²) in [5.41, 5.74) is 2.23. The largest absolute Gasteiger partial charge is 0.467 e. The molecule has 0 saturated heterocycles. The van der Waals surface area contributed by atoms with E-state index in [1.165, 1.54) is 13.2 Å². The highest BCUT2D eigenvalue weighted by Crippen LogP contribution is 2.25. The van der Waals surface area contributed by atoms with Crippen LogP contribution in [0.4, 0.5) is 0 Å². The maximum atomic E-state index is 12.3. The van der Waals surface area contributed by atoms with Crippen molar-refractivity contribution in [1.82, 2.24) is 10.3 Å². The zero-order chi connectivity index (χ0) is 17.9. The van der Waals surface area contributed by atoms with E-state index in [1.54, 1.807) is 32.9 Å². The van der Waals surface area contributed by atoms with Crippen molar-refractivity contribution in [3.8, 4) is 0 Å². The highest BCUT2D eigenvalue weighted by molar-refractivity contribution is 5.92. The first-order valence-corrected chi connectivity index (χ1v) is 7.69. The Morgan fingerprint density at radius 3 is 2.62 bits per heavy atom. The molecule has 7 heteroatoms. The monoisotopic (exact) mass is 334 g/mol. The molecule has 2 aromatic heterocycles. The summed E-state index contributed by atoms with van der Waals surface area (Å²) in [6, 6.07) is 3.46. The van der Waals surface area contributed by atoms with E-state index in [9.17, 15) is 14.7 Å². The first-order chi connectivity index (χ1) is 11.3. The number of hydrogen-bond acceptors (Lipinski definition) is 5. The van der Waals surface area contributed by atoms with Gasteiger partial charge in [-0.15, -0.1) is 0 Å². The van der Waals surface area contributed by atoms with Gasteiger partial charge >= 0.3 is 5.97 Å². The van der Waals surface area contributed by atoms with Crippen molar-refractivity contribution in [2.24, 2.45) is 0 Å². The highest BCUT2D eigenvalue weighted by atomic mass is 16.5. The van der Waals surface area contributed by atoms with Crippen LogP contribution in [0.2, 0.25) is 0 Å². The van der Waals surface area contributed by atoms with Gasteiger partial charge in [0.1, 0.15) is 11.5 Å². The molecule has 0 radical (unpaired) electrons. The Kier molecular flexibility index (Phi) is 5.46. The Hall–Kier alpha value is -2.54. The minimum atomic E-state index is -0.953. The van der Waals surface area contributed by atoms with Crippen LogP contribution in [0.5, 0.6) is 0 Å². The molecule has 0 fully saturated rings. The average molecular weight is 334 g/mol. The first-order valence-electron chi connectivity index (χ1n) is 7.69. The number of carbonyl (C=O) groups excluding carboxylic acids is 2. The van der Waals surface area contributed by atoms with Gasteiger partial charge in [0.05, 0.1) is 18.9 Å². The van der Waals surface area contributed by atoms with Crippen LogP contribution < -0.4 is 5.32 Å². The Bertz CT molecular complexity index is 716. The molecule has 3 N–H and O–H groups in total. The van der Waals surface area contributed by atoms with Gasteiger partial charge < -0.3 is 24.6 Å². The van der Waals surface area contributed by atoms with E-state index in [4.69, 9.17) is 9.15 Å². The van der Waals surface area contributed by atoms with Crippen LogP contribution in [-0.4, -0.2) is 28.1 Å². The van der Waals surface area contributed by atoms with Crippen LogP contribution in [0, 0.1) is 13.8 Å². The number of furan rings is 1. The Morgan fingerprint density at radius 2 is 2.08 bits per heavy atom. The number of aliphatic hydroxyl groups excluding tert-OH is 1. The van der Waals surface area contributed by atoms with Crippen molar-refractivity contribution < 1.29 is 23.8 Å². The number of aromatic nitrogens is 1. The van der Waals surface area contributed by atoms with E-state index in [0.29, 0.717) is 22.6 Å². The number of ether oxygens (including phenoxy) is 1. The molecule has 0 bridgehead atoms. The summed E-state index contributed by atoms with van der Waals surface area (Å²) in [6.07, 6.45) is -0.136. The molecule has 2 heterocycles. The summed E-state index contributed by atoms with van der Waals surface area (Å²) in [5, 5.41) is 12.4. The predicted octanol–water partition coefficient (Wildman–Crippen LogP) is 2.14. The van der Waals surface area contributed by atoms with E-state index < -0.39 is 24.1 Å². The zero-order valence-electron chi connectivity index (χ0n) is 14.2. The third-order valence-electron chi connectivity index (χ3n) is 3.79. The molecule has 0 saturated carbocycles. The van der Waals surface area contributed by atoms with Gasteiger partial charge in [0.2, 0.25) is 0 Å². The molecule has 2 rings (SSSR count). The quantitative estimate of drug-likeness (QED) is 0.702. The summed E-state index contributed by atoms with van der Waals surface area (Å²) in [7, 11) is 0. The average Bonchev–Trinajstić information content (AvgIpc) is 3.12. The molecule has 1 amide bonds. The van der Waals surface area contributed by atoms with Crippen LogP contribution in [0.15, 0.2) is 22.8 Å². The second kappa shape index (κ2) is 7.35. The number of amides is 1. The van der Waals surface area contributed by atoms with Crippen molar-refractivity contribution in [3.63, 3.8) is 0 Å². The van der Waals surface area contributed by atoms with Crippen LogP contribution >= 0.6 is 0 Å². The second-order valence-corrected chi connectivity index (χ2v) is 5.68. The summed E-state index contributed by atoms with van der Waals surface area (Å²) < 4.78 is 10.3. The number of H-pyrrole nitrogens is 1. The summed E-state index contributed by atoms with van der Waals surface area (Å²) >= 11 is 0. The first kappa shape index (κ1) is 17.8. The number of hydrogen-bond donors (Lipinski definition) is 3. The van der Waals surface area contributed by atoms with Crippen LogP contribution in [0.3, 0.4) is 0 Å². The van der Waals surface area contributed by atoms with Gasteiger partial charge in [0.25, 0.3) is 5.91 Å². The van der Waals surface area contributed by atoms with Gasteiger partial charge in [0, 0.05) is 11.3 Å². The van der Waals surface area contributed by atoms with Gasteiger partial charge in [-0.25, -0.2) is 4.79 Å². The molecule has 0 aliphatic heterocycles. The van der Waals surface area contributed by atoms with Gasteiger partial charge in [-0.05, 0) is 45.4 Å². The van der Waals surface area contributed by atoms with E-state index >= 15 is 0 Å². The maximum Gasteiger partial charge on any atom is 0.355 e. The van der Waals surface area contributed by atoms with Crippen molar-refractivity contribution in [1.29, 1.82) is 0 Å². The highest BCUT2D eigenvalue weighted by Gasteiger charge is 2.24. The zero-order valence-corrected chi connectivity index (χ0v) is 14.2. The Balaban J connectivity index is 1.98. The molecule has 0 aromatic carbocycles. The van der Waals surface area contributed by atoms with Gasteiger partial charge in [-0.2, -0.15) is 0 Å².